The molecule has 0 aliphatic carbocycles. The van der Waals surface area contributed by atoms with Crippen LogP contribution < -0.4 is 4.90 Å². The fourth-order valence-electron chi connectivity index (χ4n) is 4.23. The lowest BCUT2D eigenvalue weighted by Gasteiger charge is -2.37. The number of thiophene rings is 1. The second kappa shape index (κ2) is 8.08. The first-order chi connectivity index (χ1) is 14.3. The van der Waals surface area contributed by atoms with E-state index in [9.17, 15) is 4.79 Å². The van der Waals surface area contributed by atoms with Gasteiger partial charge in [0.15, 0.2) is 5.82 Å². The van der Waals surface area contributed by atoms with Gasteiger partial charge in [-0.3, -0.25) is 4.79 Å². The molecule has 2 fully saturated rings. The molecule has 7 heteroatoms. The summed E-state index contributed by atoms with van der Waals surface area (Å²) in [6, 6.07) is 10.2. The van der Waals surface area contributed by atoms with Gasteiger partial charge < -0.3 is 14.5 Å². The van der Waals surface area contributed by atoms with Gasteiger partial charge in [0.25, 0.3) is 0 Å². The quantitative estimate of drug-likeness (QED) is 0.665. The zero-order chi connectivity index (χ0) is 19.6. The van der Waals surface area contributed by atoms with Crippen molar-refractivity contribution in [2.45, 2.75) is 12.8 Å². The highest BCUT2D eigenvalue weighted by molar-refractivity contribution is 7.08. The van der Waals surface area contributed by atoms with Crippen molar-refractivity contribution in [3.63, 3.8) is 0 Å². The summed E-state index contributed by atoms with van der Waals surface area (Å²) in [6.07, 6.45) is 1.93. The molecular weight excluding hydrogens is 384 g/mol. The Labute approximate surface area is 174 Å². The van der Waals surface area contributed by atoms with Gasteiger partial charge >= 0.3 is 0 Å². The summed E-state index contributed by atoms with van der Waals surface area (Å²) < 4.78 is 5.40. The number of carbonyl (C=O) groups excluding carboxylic acids is 1. The number of para-hydroxylation sites is 1. The minimum Gasteiger partial charge on any atom is -0.378 e. The molecule has 0 bridgehead atoms. The van der Waals surface area contributed by atoms with E-state index < -0.39 is 0 Å². The largest absolute Gasteiger partial charge is 0.378 e. The molecule has 0 saturated carbocycles. The monoisotopic (exact) mass is 408 g/mol. The van der Waals surface area contributed by atoms with E-state index in [1.54, 1.807) is 11.3 Å². The number of nitrogens with zero attached hydrogens (tertiary/aromatic N) is 4. The molecule has 1 atom stereocenters. The molecule has 4 heterocycles. The molecule has 2 aromatic heterocycles. The maximum absolute atomic E-state index is 13.1. The molecule has 29 heavy (non-hydrogen) atoms. The van der Waals surface area contributed by atoms with Crippen LogP contribution in [0, 0.1) is 5.92 Å². The Morgan fingerprint density at radius 2 is 1.97 bits per heavy atom. The third-order valence-electron chi connectivity index (χ3n) is 5.76. The average molecular weight is 409 g/mol. The fraction of sp³-hybridized carbons (Fsp3) is 0.409. The van der Waals surface area contributed by atoms with Crippen molar-refractivity contribution in [1.29, 1.82) is 0 Å². The second-order valence-corrected chi connectivity index (χ2v) is 8.40. The number of rotatable bonds is 3. The molecule has 2 saturated heterocycles. The van der Waals surface area contributed by atoms with E-state index in [4.69, 9.17) is 14.7 Å². The van der Waals surface area contributed by atoms with Crippen LogP contribution in [0.5, 0.6) is 0 Å². The molecule has 0 spiro atoms. The van der Waals surface area contributed by atoms with Crippen LogP contribution >= 0.6 is 11.3 Å². The predicted octanol–water partition coefficient (Wildman–Crippen LogP) is 3.43. The van der Waals surface area contributed by atoms with Crippen molar-refractivity contribution in [3.05, 3.63) is 41.1 Å². The van der Waals surface area contributed by atoms with Crippen molar-refractivity contribution >= 4 is 34.0 Å². The molecule has 3 aromatic rings. The molecule has 1 aromatic carbocycles. The van der Waals surface area contributed by atoms with E-state index in [1.807, 2.05) is 28.5 Å². The highest BCUT2D eigenvalue weighted by atomic mass is 32.1. The highest BCUT2D eigenvalue weighted by Crippen LogP contribution is 2.31. The number of piperidine rings is 1. The van der Waals surface area contributed by atoms with Crippen LogP contribution in [0.2, 0.25) is 0 Å². The van der Waals surface area contributed by atoms with E-state index in [-0.39, 0.29) is 11.8 Å². The molecule has 6 nitrogen and oxygen atoms in total. The van der Waals surface area contributed by atoms with Crippen LogP contribution in [0.25, 0.3) is 22.3 Å². The van der Waals surface area contributed by atoms with E-state index in [0.29, 0.717) is 32.8 Å². The summed E-state index contributed by atoms with van der Waals surface area (Å²) in [5.41, 5.74) is 1.99. The van der Waals surface area contributed by atoms with Crippen LogP contribution in [0.4, 0.5) is 5.82 Å². The summed E-state index contributed by atoms with van der Waals surface area (Å²) in [7, 11) is 0. The summed E-state index contributed by atoms with van der Waals surface area (Å²) >= 11 is 1.65. The molecule has 2 aliphatic heterocycles. The normalized spacial score (nSPS) is 20.2. The summed E-state index contributed by atoms with van der Waals surface area (Å²) in [5, 5.41) is 5.17. The van der Waals surface area contributed by atoms with Crippen molar-refractivity contribution < 1.29 is 9.53 Å². The van der Waals surface area contributed by atoms with Gasteiger partial charge in [-0.25, -0.2) is 9.97 Å². The van der Waals surface area contributed by atoms with Crippen LogP contribution in [0.1, 0.15) is 12.8 Å². The SMILES string of the molecule is O=C(C1CCCN(c2nc(-c3ccsc3)nc3ccccc23)C1)N1CCOCC1. The molecule has 1 amide bonds. The Morgan fingerprint density at radius 3 is 2.79 bits per heavy atom. The summed E-state index contributed by atoms with van der Waals surface area (Å²) in [5.74, 6) is 1.97. The summed E-state index contributed by atoms with van der Waals surface area (Å²) in [4.78, 5) is 27.0. The molecule has 150 valence electrons. The number of anilines is 1. The van der Waals surface area contributed by atoms with Gasteiger partial charge in [0, 0.05) is 42.5 Å². The third kappa shape index (κ3) is 3.72. The molecule has 0 radical (unpaired) electrons. The first-order valence-corrected chi connectivity index (χ1v) is 11.1. The number of carbonyl (C=O) groups is 1. The minimum atomic E-state index is 0.0141. The molecule has 0 N–H and O–H groups in total. The summed E-state index contributed by atoms with van der Waals surface area (Å²) in [6.45, 7) is 4.31. The number of benzene rings is 1. The van der Waals surface area contributed by atoms with Gasteiger partial charge in [0.2, 0.25) is 5.91 Å². The maximum atomic E-state index is 13.1. The standard InChI is InChI=1S/C22H24N4O2S/c27-22(25-9-11-28-12-10-25)16-4-3-8-26(14-16)21-18-5-1-2-6-19(18)23-20(24-21)17-7-13-29-15-17/h1-2,5-7,13,15-16H,3-4,8-12,14H2. The number of morpholine rings is 1. The molecule has 1 unspecified atom stereocenters. The van der Waals surface area contributed by atoms with Gasteiger partial charge in [-0.15, -0.1) is 0 Å². The Hall–Kier alpha value is -2.51. The third-order valence-corrected chi connectivity index (χ3v) is 6.44. The first kappa shape index (κ1) is 18.5. The smallest absolute Gasteiger partial charge is 0.227 e. The number of aromatic nitrogens is 2. The fourth-order valence-corrected chi connectivity index (χ4v) is 4.87. The van der Waals surface area contributed by atoms with Crippen LogP contribution in [0.3, 0.4) is 0 Å². The molecule has 5 rings (SSSR count). The Balaban J connectivity index is 1.47. The first-order valence-electron chi connectivity index (χ1n) is 10.2. The highest BCUT2D eigenvalue weighted by Gasteiger charge is 2.31. The maximum Gasteiger partial charge on any atom is 0.227 e. The van der Waals surface area contributed by atoms with Crippen LogP contribution in [-0.2, 0) is 9.53 Å². The lowest BCUT2D eigenvalue weighted by molar-refractivity contribution is -0.139. The average Bonchev–Trinajstić information content (AvgIpc) is 3.33. The number of ether oxygens (including phenoxy) is 1. The van der Waals surface area contributed by atoms with E-state index in [1.165, 1.54) is 0 Å². The van der Waals surface area contributed by atoms with Gasteiger partial charge in [0.1, 0.15) is 5.82 Å². The van der Waals surface area contributed by atoms with Gasteiger partial charge in [-0.05, 0) is 36.4 Å². The van der Waals surface area contributed by atoms with Gasteiger partial charge in [0.05, 0.1) is 24.6 Å². The van der Waals surface area contributed by atoms with Crippen LogP contribution in [0.15, 0.2) is 41.1 Å². The minimum absolute atomic E-state index is 0.0141. The number of amides is 1. The van der Waals surface area contributed by atoms with Crippen molar-refractivity contribution in [3.8, 4) is 11.4 Å². The zero-order valence-corrected chi connectivity index (χ0v) is 17.1. The molecular formula is C22H24N4O2S. The zero-order valence-electron chi connectivity index (χ0n) is 16.3. The second-order valence-electron chi connectivity index (χ2n) is 7.62. The number of fused-ring (bicyclic) bond motifs is 1. The Kier molecular flexibility index (Phi) is 5.16. The predicted molar refractivity (Wildman–Crippen MR) is 115 cm³/mol. The van der Waals surface area contributed by atoms with E-state index in [0.717, 1.165) is 47.5 Å². The van der Waals surface area contributed by atoms with E-state index >= 15 is 0 Å². The Bertz CT molecular complexity index is 1000. The number of hydrogen-bond acceptors (Lipinski definition) is 6. The topological polar surface area (TPSA) is 58.6 Å². The van der Waals surface area contributed by atoms with Gasteiger partial charge in [-0.1, -0.05) is 12.1 Å². The van der Waals surface area contributed by atoms with Crippen molar-refractivity contribution in [1.82, 2.24) is 14.9 Å². The number of hydrogen-bond donors (Lipinski definition) is 0. The van der Waals surface area contributed by atoms with Crippen LogP contribution in [-0.4, -0.2) is 60.2 Å². The van der Waals surface area contributed by atoms with Crippen molar-refractivity contribution in [2.24, 2.45) is 5.92 Å². The lowest BCUT2D eigenvalue weighted by Crippen LogP contribution is -2.48. The Morgan fingerprint density at radius 1 is 1.10 bits per heavy atom. The molecule has 2 aliphatic rings. The van der Waals surface area contributed by atoms with E-state index in [2.05, 4.69) is 22.4 Å². The lowest BCUT2D eigenvalue weighted by atomic mass is 9.96. The van der Waals surface area contributed by atoms with Crippen molar-refractivity contribution in [2.75, 3.05) is 44.3 Å². The van der Waals surface area contributed by atoms with Gasteiger partial charge in [-0.2, -0.15) is 11.3 Å².